The van der Waals surface area contributed by atoms with E-state index in [0.717, 1.165) is 16.8 Å². The van der Waals surface area contributed by atoms with Gasteiger partial charge in [-0.15, -0.1) is 0 Å². The van der Waals surface area contributed by atoms with Crippen molar-refractivity contribution in [3.63, 3.8) is 0 Å². The number of nitrogens with zero attached hydrogens (tertiary/aromatic N) is 1. The molecule has 2 rings (SSSR count). The van der Waals surface area contributed by atoms with Crippen LogP contribution in [-0.2, 0) is 22.5 Å². The molecule has 0 saturated heterocycles. The number of halogens is 3. The summed E-state index contributed by atoms with van der Waals surface area (Å²) in [4.78, 5) is 12.8. The smallest absolute Gasteiger partial charge is 0.401 e. The van der Waals surface area contributed by atoms with Crippen molar-refractivity contribution in [2.24, 2.45) is 0 Å². The summed E-state index contributed by atoms with van der Waals surface area (Å²) in [5.74, 6) is -0.352. The standard InChI is InChI=1S/C15H19F3N2O2/c1-2-22-14(21)8-19-13-5-3-4-11-9-20(7-6-12(11)13)10-15(16,17)18/h3-5,19H,2,6-10H2,1H3. The maximum Gasteiger partial charge on any atom is 0.401 e. The molecule has 1 aliphatic rings. The Morgan fingerprint density at radius 1 is 1.41 bits per heavy atom. The van der Waals surface area contributed by atoms with E-state index in [0.29, 0.717) is 19.6 Å². The predicted molar refractivity (Wildman–Crippen MR) is 76.6 cm³/mol. The van der Waals surface area contributed by atoms with Gasteiger partial charge in [0.15, 0.2) is 0 Å². The van der Waals surface area contributed by atoms with Crippen molar-refractivity contribution in [1.29, 1.82) is 0 Å². The molecular formula is C15H19F3N2O2. The van der Waals surface area contributed by atoms with Crippen LogP contribution in [0.25, 0.3) is 0 Å². The third-order valence-corrected chi connectivity index (χ3v) is 3.48. The number of hydrogen-bond donors (Lipinski definition) is 1. The van der Waals surface area contributed by atoms with Crippen LogP contribution in [0.5, 0.6) is 0 Å². The lowest BCUT2D eigenvalue weighted by Gasteiger charge is -2.30. The second kappa shape index (κ2) is 7.00. The number of carbonyl (C=O) groups excluding carboxylic acids is 1. The number of nitrogens with one attached hydrogen (secondary N) is 1. The summed E-state index contributed by atoms with van der Waals surface area (Å²) in [7, 11) is 0. The maximum absolute atomic E-state index is 12.5. The summed E-state index contributed by atoms with van der Waals surface area (Å²) in [6.45, 7) is 1.83. The highest BCUT2D eigenvalue weighted by Gasteiger charge is 2.32. The second-order valence-corrected chi connectivity index (χ2v) is 5.18. The molecule has 1 aromatic rings. The van der Waals surface area contributed by atoms with Crippen LogP contribution >= 0.6 is 0 Å². The summed E-state index contributed by atoms with van der Waals surface area (Å²) in [6, 6.07) is 5.44. The van der Waals surface area contributed by atoms with Crippen molar-refractivity contribution >= 4 is 11.7 Å². The molecule has 0 atom stereocenters. The van der Waals surface area contributed by atoms with E-state index >= 15 is 0 Å². The van der Waals surface area contributed by atoms with Crippen LogP contribution in [0, 0.1) is 0 Å². The summed E-state index contributed by atoms with van der Waals surface area (Å²) in [6.07, 6.45) is -3.66. The summed E-state index contributed by atoms with van der Waals surface area (Å²) < 4.78 is 42.3. The minimum atomic E-state index is -4.18. The van der Waals surface area contributed by atoms with Gasteiger partial charge in [-0.05, 0) is 30.5 Å². The van der Waals surface area contributed by atoms with Crippen LogP contribution in [0.15, 0.2) is 18.2 Å². The topological polar surface area (TPSA) is 41.6 Å². The Balaban J connectivity index is 2.02. The molecule has 0 aromatic heterocycles. The molecule has 0 bridgehead atoms. The Hall–Kier alpha value is -1.76. The molecular weight excluding hydrogens is 297 g/mol. The van der Waals surface area contributed by atoms with Crippen LogP contribution in [0.4, 0.5) is 18.9 Å². The van der Waals surface area contributed by atoms with Gasteiger partial charge in [0.05, 0.1) is 13.2 Å². The highest BCUT2D eigenvalue weighted by Crippen LogP contribution is 2.28. The predicted octanol–water partition coefficient (Wildman–Crippen LogP) is 2.58. The number of rotatable bonds is 5. The van der Waals surface area contributed by atoms with Crippen molar-refractivity contribution in [3.8, 4) is 0 Å². The fourth-order valence-corrected chi connectivity index (χ4v) is 2.60. The zero-order valence-electron chi connectivity index (χ0n) is 12.4. The third-order valence-electron chi connectivity index (χ3n) is 3.48. The molecule has 1 aromatic carbocycles. The second-order valence-electron chi connectivity index (χ2n) is 5.18. The summed E-state index contributed by atoms with van der Waals surface area (Å²) >= 11 is 0. The molecule has 0 aliphatic carbocycles. The minimum Gasteiger partial charge on any atom is -0.465 e. The molecule has 7 heteroatoms. The quantitative estimate of drug-likeness (QED) is 0.848. The monoisotopic (exact) mass is 316 g/mol. The zero-order chi connectivity index (χ0) is 16.2. The molecule has 0 fully saturated rings. The number of ether oxygens (including phenoxy) is 1. The van der Waals surface area contributed by atoms with Gasteiger partial charge in [0.25, 0.3) is 0 Å². The highest BCUT2D eigenvalue weighted by atomic mass is 19.4. The summed E-state index contributed by atoms with van der Waals surface area (Å²) in [5, 5.41) is 3.01. The lowest BCUT2D eigenvalue weighted by atomic mass is 9.97. The van der Waals surface area contributed by atoms with Gasteiger partial charge in [-0.3, -0.25) is 9.69 Å². The molecule has 1 aliphatic heterocycles. The van der Waals surface area contributed by atoms with Gasteiger partial charge in [-0.25, -0.2) is 0 Å². The molecule has 122 valence electrons. The first-order valence-corrected chi connectivity index (χ1v) is 7.18. The lowest BCUT2D eigenvalue weighted by Crippen LogP contribution is -2.38. The van der Waals surface area contributed by atoms with Gasteiger partial charge in [-0.1, -0.05) is 12.1 Å². The number of esters is 1. The molecule has 0 unspecified atom stereocenters. The van der Waals surface area contributed by atoms with Gasteiger partial charge in [-0.2, -0.15) is 13.2 Å². The van der Waals surface area contributed by atoms with Gasteiger partial charge in [0.2, 0.25) is 0 Å². The Labute approximate surface area is 127 Å². The molecule has 0 amide bonds. The van der Waals surface area contributed by atoms with Crippen molar-refractivity contribution in [3.05, 3.63) is 29.3 Å². The Morgan fingerprint density at radius 3 is 2.86 bits per heavy atom. The molecule has 1 N–H and O–H groups in total. The average Bonchev–Trinajstić information content (AvgIpc) is 2.43. The summed E-state index contributed by atoms with van der Waals surface area (Å²) in [5.41, 5.74) is 2.63. The van der Waals surface area contributed by atoms with E-state index in [2.05, 4.69) is 5.32 Å². The minimum absolute atomic E-state index is 0.0521. The van der Waals surface area contributed by atoms with Crippen molar-refractivity contribution in [1.82, 2.24) is 4.90 Å². The average molecular weight is 316 g/mol. The van der Waals surface area contributed by atoms with Gasteiger partial charge >= 0.3 is 12.1 Å². The van der Waals surface area contributed by atoms with Crippen LogP contribution in [0.2, 0.25) is 0 Å². The molecule has 0 saturated carbocycles. The number of hydrogen-bond acceptors (Lipinski definition) is 4. The molecule has 4 nitrogen and oxygen atoms in total. The fraction of sp³-hybridized carbons (Fsp3) is 0.533. The Bertz CT molecular complexity index is 532. The van der Waals surface area contributed by atoms with E-state index < -0.39 is 12.7 Å². The normalized spacial score (nSPS) is 15.3. The first kappa shape index (κ1) is 16.6. The van der Waals surface area contributed by atoms with E-state index in [1.165, 1.54) is 4.90 Å². The van der Waals surface area contributed by atoms with Gasteiger partial charge < -0.3 is 10.1 Å². The van der Waals surface area contributed by atoms with Crippen LogP contribution < -0.4 is 5.32 Å². The first-order chi connectivity index (χ1) is 10.4. The SMILES string of the molecule is CCOC(=O)CNc1cccc2c1CCN(CC(F)(F)F)C2. The van der Waals surface area contributed by atoms with Gasteiger partial charge in [0, 0.05) is 18.8 Å². The van der Waals surface area contributed by atoms with Crippen molar-refractivity contribution in [2.75, 3.05) is 31.6 Å². The largest absolute Gasteiger partial charge is 0.465 e. The van der Waals surface area contributed by atoms with Crippen LogP contribution in [0.3, 0.4) is 0 Å². The molecule has 1 heterocycles. The van der Waals surface area contributed by atoms with E-state index in [-0.39, 0.29) is 19.1 Å². The number of benzene rings is 1. The van der Waals surface area contributed by atoms with E-state index in [1.807, 2.05) is 12.1 Å². The number of carbonyl (C=O) groups is 1. The van der Waals surface area contributed by atoms with Crippen molar-refractivity contribution < 1.29 is 22.7 Å². The fourth-order valence-electron chi connectivity index (χ4n) is 2.60. The Kier molecular flexibility index (Phi) is 5.28. The van der Waals surface area contributed by atoms with E-state index in [4.69, 9.17) is 4.74 Å². The third kappa shape index (κ3) is 4.62. The lowest BCUT2D eigenvalue weighted by molar-refractivity contribution is -0.147. The highest BCUT2D eigenvalue weighted by molar-refractivity contribution is 5.75. The maximum atomic E-state index is 12.5. The molecule has 0 spiro atoms. The van der Waals surface area contributed by atoms with Gasteiger partial charge in [0.1, 0.15) is 6.54 Å². The number of anilines is 1. The number of alkyl halides is 3. The first-order valence-electron chi connectivity index (χ1n) is 7.18. The van der Waals surface area contributed by atoms with E-state index in [9.17, 15) is 18.0 Å². The molecule has 22 heavy (non-hydrogen) atoms. The van der Waals surface area contributed by atoms with Crippen LogP contribution in [0.1, 0.15) is 18.1 Å². The molecule has 0 radical (unpaired) electrons. The van der Waals surface area contributed by atoms with Crippen LogP contribution in [-0.4, -0.2) is 43.3 Å². The van der Waals surface area contributed by atoms with E-state index in [1.54, 1.807) is 13.0 Å². The zero-order valence-corrected chi connectivity index (χ0v) is 12.4. The Morgan fingerprint density at radius 2 is 2.18 bits per heavy atom. The van der Waals surface area contributed by atoms with Crippen molar-refractivity contribution in [2.45, 2.75) is 26.1 Å². The number of fused-ring (bicyclic) bond motifs is 1.